The zero-order valence-electron chi connectivity index (χ0n) is 14.8. The average molecular weight is 368 g/mol. The van der Waals surface area contributed by atoms with Crippen LogP contribution in [0.3, 0.4) is 0 Å². The second kappa shape index (κ2) is 8.45. The van der Waals surface area contributed by atoms with Gasteiger partial charge in [0, 0.05) is 12.4 Å². The Hall–Kier alpha value is -4.20. The summed E-state index contributed by atoms with van der Waals surface area (Å²) in [5.74, 6) is 0.896. The maximum Gasteiger partial charge on any atom is 0.192 e. The zero-order chi connectivity index (χ0) is 19.0. The number of nitrogens with one attached hydrogen (secondary N) is 2. The molecule has 4 rings (SSSR count). The van der Waals surface area contributed by atoms with Crippen molar-refractivity contribution < 1.29 is 0 Å². The van der Waals surface area contributed by atoms with Crippen LogP contribution in [-0.2, 0) is 0 Å². The summed E-state index contributed by atoms with van der Waals surface area (Å²) in [6.07, 6.45) is 6.63. The Morgan fingerprint density at radius 1 is 0.607 bits per heavy atom. The van der Waals surface area contributed by atoms with Crippen LogP contribution >= 0.6 is 0 Å². The summed E-state index contributed by atoms with van der Waals surface area (Å²) >= 11 is 0. The molecule has 0 atom stereocenters. The number of nitrogens with zero attached hydrogens (tertiary/aromatic N) is 6. The Bertz CT molecular complexity index is 1020. The van der Waals surface area contributed by atoms with Crippen molar-refractivity contribution in [1.29, 1.82) is 0 Å². The Kier molecular flexibility index (Phi) is 5.20. The Balaban J connectivity index is 1.59. The average Bonchev–Trinajstić information content (AvgIpc) is 2.75. The molecule has 0 saturated carbocycles. The van der Waals surface area contributed by atoms with Gasteiger partial charge in [0.2, 0.25) is 0 Å². The highest BCUT2D eigenvalue weighted by Crippen LogP contribution is 2.21. The number of fused-ring (bicyclic) bond motifs is 1. The van der Waals surface area contributed by atoms with Crippen LogP contribution in [0.5, 0.6) is 0 Å². The van der Waals surface area contributed by atoms with E-state index in [1.165, 1.54) is 0 Å². The Labute approximate surface area is 161 Å². The van der Waals surface area contributed by atoms with Gasteiger partial charge in [-0.15, -0.1) is 0 Å². The van der Waals surface area contributed by atoms with E-state index in [1.807, 2.05) is 60.7 Å². The van der Waals surface area contributed by atoms with Crippen LogP contribution in [0, 0.1) is 0 Å². The van der Waals surface area contributed by atoms with E-state index in [-0.39, 0.29) is 0 Å². The number of hydrogen-bond donors (Lipinski definition) is 2. The maximum atomic E-state index is 4.57. The summed E-state index contributed by atoms with van der Waals surface area (Å²) in [6.45, 7) is 0. The standard InChI is InChI=1S/C20H16N8/c1-2-10-18-17(9-1)25-19(27-23-13-15-7-3-5-11-21-15)20(26-18)28-24-14-16-8-4-6-12-22-16/h1-14H,(H,25,27)(H,26,28)/b23-13+,24-14+. The van der Waals surface area contributed by atoms with Crippen molar-refractivity contribution >= 4 is 35.1 Å². The first-order valence-electron chi connectivity index (χ1n) is 8.55. The van der Waals surface area contributed by atoms with Crippen molar-refractivity contribution in [2.24, 2.45) is 10.2 Å². The van der Waals surface area contributed by atoms with Gasteiger partial charge in [-0.05, 0) is 36.4 Å². The van der Waals surface area contributed by atoms with Crippen molar-refractivity contribution in [2.75, 3.05) is 10.9 Å². The van der Waals surface area contributed by atoms with Gasteiger partial charge in [-0.3, -0.25) is 20.8 Å². The molecule has 136 valence electrons. The predicted octanol–water partition coefficient (Wildman–Crippen LogP) is 3.31. The summed E-state index contributed by atoms with van der Waals surface area (Å²) in [7, 11) is 0. The molecule has 8 nitrogen and oxygen atoms in total. The van der Waals surface area contributed by atoms with Crippen molar-refractivity contribution in [3.63, 3.8) is 0 Å². The zero-order valence-corrected chi connectivity index (χ0v) is 14.8. The number of para-hydroxylation sites is 2. The highest BCUT2D eigenvalue weighted by atomic mass is 15.4. The third-order valence-electron chi connectivity index (χ3n) is 3.68. The lowest BCUT2D eigenvalue weighted by molar-refractivity contribution is 1.17. The first kappa shape index (κ1) is 17.2. The van der Waals surface area contributed by atoms with Gasteiger partial charge in [0.25, 0.3) is 0 Å². The molecule has 0 fully saturated rings. The van der Waals surface area contributed by atoms with Gasteiger partial charge in [-0.2, -0.15) is 10.2 Å². The van der Waals surface area contributed by atoms with Crippen LogP contribution in [0.15, 0.2) is 83.3 Å². The largest absolute Gasteiger partial charge is 0.258 e. The molecule has 0 aliphatic heterocycles. The topological polar surface area (TPSA) is 100 Å². The molecular formula is C20H16N8. The van der Waals surface area contributed by atoms with Crippen LogP contribution in [0.25, 0.3) is 11.0 Å². The van der Waals surface area contributed by atoms with Gasteiger partial charge < -0.3 is 0 Å². The Morgan fingerprint density at radius 3 is 1.50 bits per heavy atom. The molecule has 0 saturated heterocycles. The quantitative estimate of drug-likeness (QED) is 0.400. The molecule has 28 heavy (non-hydrogen) atoms. The van der Waals surface area contributed by atoms with E-state index in [4.69, 9.17) is 0 Å². The maximum absolute atomic E-state index is 4.57. The van der Waals surface area contributed by atoms with Crippen LogP contribution in [0.1, 0.15) is 11.4 Å². The summed E-state index contributed by atoms with van der Waals surface area (Å²) in [5.41, 5.74) is 8.76. The van der Waals surface area contributed by atoms with E-state index in [2.05, 4.69) is 41.0 Å². The molecule has 0 aliphatic rings. The predicted molar refractivity (Wildman–Crippen MR) is 110 cm³/mol. The first-order chi connectivity index (χ1) is 13.9. The third kappa shape index (κ3) is 4.31. The van der Waals surface area contributed by atoms with Gasteiger partial charge in [-0.25, -0.2) is 9.97 Å². The molecule has 3 heterocycles. The van der Waals surface area contributed by atoms with Crippen molar-refractivity contribution in [3.05, 3.63) is 84.4 Å². The number of hydrazone groups is 2. The molecule has 0 amide bonds. The smallest absolute Gasteiger partial charge is 0.192 e. The summed E-state index contributed by atoms with van der Waals surface area (Å²) in [4.78, 5) is 17.5. The first-order valence-corrected chi connectivity index (χ1v) is 8.55. The summed E-state index contributed by atoms with van der Waals surface area (Å²) in [5, 5.41) is 8.40. The van der Waals surface area contributed by atoms with Crippen LogP contribution in [0.2, 0.25) is 0 Å². The molecule has 0 spiro atoms. The number of rotatable bonds is 6. The van der Waals surface area contributed by atoms with Crippen LogP contribution in [0.4, 0.5) is 11.6 Å². The van der Waals surface area contributed by atoms with E-state index in [0.717, 1.165) is 22.4 Å². The SMILES string of the molecule is C(=N\Nc1nc2ccccc2nc1N/N=C/c1ccccn1)/c1ccccn1. The fourth-order valence-electron chi connectivity index (χ4n) is 2.38. The molecule has 0 radical (unpaired) electrons. The second-order valence-electron chi connectivity index (χ2n) is 5.66. The Morgan fingerprint density at radius 2 is 1.07 bits per heavy atom. The van der Waals surface area contributed by atoms with E-state index >= 15 is 0 Å². The minimum Gasteiger partial charge on any atom is -0.258 e. The molecule has 2 N–H and O–H groups in total. The highest BCUT2D eigenvalue weighted by molar-refractivity contribution is 5.82. The van der Waals surface area contributed by atoms with Gasteiger partial charge in [0.05, 0.1) is 34.9 Å². The second-order valence-corrected chi connectivity index (χ2v) is 5.66. The molecule has 0 bridgehead atoms. The molecular weight excluding hydrogens is 352 g/mol. The number of benzene rings is 1. The highest BCUT2D eigenvalue weighted by Gasteiger charge is 2.07. The van der Waals surface area contributed by atoms with E-state index in [0.29, 0.717) is 11.6 Å². The van der Waals surface area contributed by atoms with Crippen LogP contribution < -0.4 is 10.9 Å². The molecule has 1 aromatic carbocycles. The fourth-order valence-corrected chi connectivity index (χ4v) is 2.38. The minimum atomic E-state index is 0.448. The van der Waals surface area contributed by atoms with Crippen molar-refractivity contribution in [3.8, 4) is 0 Å². The molecule has 8 heteroatoms. The summed E-state index contributed by atoms with van der Waals surface area (Å²) < 4.78 is 0. The molecule has 3 aromatic heterocycles. The van der Waals surface area contributed by atoms with Gasteiger partial charge >= 0.3 is 0 Å². The minimum absolute atomic E-state index is 0.448. The molecule has 4 aromatic rings. The lowest BCUT2D eigenvalue weighted by atomic mass is 10.3. The number of pyridine rings is 2. The van der Waals surface area contributed by atoms with Crippen molar-refractivity contribution in [2.45, 2.75) is 0 Å². The molecule has 0 aliphatic carbocycles. The third-order valence-corrected chi connectivity index (χ3v) is 3.68. The van der Waals surface area contributed by atoms with E-state index in [9.17, 15) is 0 Å². The molecule has 0 unspecified atom stereocenters. The number of hydrogen-bond acceptors (Lipinski definition) is 8. The van der Waals surface area contributed by atoms with Gasteiger partial charge in [0.1, 0.15) is 0 Å². The monoisotopic (exact) mass is 368 g/mol. The van der Waals surface area contributed by atoms with Gasteiger partial charge in [-0.1, -0.05) is 24.3 Å². The lowest BCUT2D eigenvalue weighted by Gasteiger charge is -2.08. The van der Waals surface area contributed by atoms with Crippen LogP contribution in [-0.4, -0.2) is 32.4 Å². The lowest BCUT2D eigenvalue weighted by Crippen LogP contribution is -2.03. The number of anilines is 2. The normalized spacial score (nSPS) is 11.3. The fraction of sp³-hybridized carbons (Fsp3) is 0. The van der Waals surface area contributed by atoms with E-state index < -0.39 is 0 Å². The van der Waals surface area contributed by atoms with E-state index in [1.54, 1.807) is 24.8 Å². The summed E-state index contributed by atoms with van der Waals surface area (Å²) in [6, 6.07) is 18.8. The van der Waals surface area contributed by atoms with Gasteiger partial charge in [0.15, 0.2) is 11.6 Å². The van der Waals surface area contributed by atoms with Crippen molar-refractivity contribution in [1.82, 2.24) is 19.9 Å². The number of aromatic nitrogens is 4.